The lowest BCUT2D eigenvalue weighted by Crippen LogP contribution is -2.35. The Bertz CT molecular complexity index is 380. The van der Waals surface area contributed by atoms with Crippen molar-refractivity contribution >= 4 is 0 Å². The van der Waals surface area contributed by atoms with E-state index in [1.165, 1.54) is 5.56 Å². The number of hydrogen-bond acceptors (Lipinski definition) is 3. The fraction of sp³-hybridized carbons (Fsp3) is 0.500. The van der Waals surface area contributed by atoms with Crippen LogP contribution in [0.4, 0.5) is 0 Å². The molecule has 0 saturated carbocycles. The van der Waals surface area contributed by atoms with E-state index >= 15 is 0 Å². The molecule has 17 heavy (non-hydrogen) atoms. The van der Waals surface area contributed by atoms with Gasteiger partial charge in [0.05, 0.1) is 0 Å². The van der Waals surface area contributed by atoms with Gasteiger partial charge in [0, 0.05) is 23.8 Å². The van der Waals surface area contributed by atoms with Crippen molar-refractivity contribution in [3.8, 4) is 5.88 Å². The summed E-state index contributed by atoms with van der Waals surface area (Å²) >= 11 is 0. The van der Waals surface area contributed by atoms with Crippen LogP contribution in [-0.2, 0) is 6.54 Å². The van der Waals surface area contributed by atoms with Gasteiger partial charge in [-0.1, -0.05) is 18.7 Å². The molecular weight excluding hydrogens is 212 g/mol. The van der Waals surface area contributed by atoms with E-state index in [9.17, 15) is 0 Å². The van der Waals surface area contributed by atoms with Gasteiger partial charge in [-0.3, -0.25) is 0 Å². The summed E-state index contributed by atoms with van der Waals surface area (Å²) in [6.07, 6.45) is 1.71. The number of pyridine rings is 1. The summed E-state index contributed by atoms with van der Waals surface area (Å²) in [5, 5.41) is 3.44. The Labute approximate surface area is 104 Å². The minimum absolute atomic E-state index is 0.116. The molecule has 0 fully saturated rings. The van der Waals surface area contributed by atoms with Crippen LogP contribution in [0, 0.1) is 6.92 Å². The van der Waals surface area contributed by atoms with Gasteiger partial charge < -0.3 is 10.1 Å². The van der Waals surface area contributed by atoms with Crippen molar-refractivity contribution in [3.63, 3.8) is 0 Å². The number of nitrogens with one attached hydrogen (secondary N) is 1. The predicted octanol–water partition coefficient (Wildman–Crippen LogP) is 2.84. The SMILES string of the molecule is C=CCOc1ccc(CNC(C)(C)C)c(C)n1. The lowest BCUT2D eigenvalue weighted by molar-refractivity contribution is 0.347. The summed E-state index contributed by atoms with van der Waals surface area (Å²) < 4.78 is 5.39. The average molecular weight is 234 g/mol. The van der Waals surface area contributed by atoms with Crippen molar-refractivity contribution in [1.29, 1.82) is 0 Å². The molecule has 1 rings (SSSR count). The van der Waals surface area contributed by atoms with Gasteiger partial charge in [0.15, 0.2) is 0 Å². The summed E-state index contributed by atoms with van der Waals surface area (Å²) in [5.41, 5.74) is 2.32. The highest BCUT2D eigenvalue weighted by Crippen LogP contribution is 2.13. The molecule has 0 aromatic carbocycles. The van der Waals surface area contributed by atoms with Crippen molar-refractivity contribution in [2.75, 3.05) is 6.61 Å². The Balaban J connectivity index is 2.66. The minimum Gasteiger partial charge on any atom is -0.473 e. The molecule has 0 amide bonds. The van der Waals surface area contributed by atoms with Crippen LogP contribution in [0.3, 0.4) is 0 Å². The molecule has 0 radical (unpaired) electrons. The molecule has 1 aromatic heterocycles. The smallest absolute Gasteiger partial charge is 0.213 e. The van der Waals surface area contributed by atoms with Crippen LogP contribution in [0.1, 0.15) is 32.0 Å². The maximum absolute atomic E-state index is 5.39. The highest BCUT2D eigenvalue weighted by atomic mass is 16.5. The molecular formula is C14H22N2O. The molecule has 0 unspecified atom stereocenters. The van der Waals surface area contributed by atoms with E-state index in [4.69, 9.17) is 4.74 Å². The first-order valence-corrected chi connectivity index (χ1v) is 5.87. The zero-order chi connectivity index (χ0) is 12.9. The van der Waals surface area contributed by atoms with Crippen molar-refractivity contribution in [2.45, 2.75) is 39.8 Å². The Kier molecular flexibility index (Phi) is 4.70. The fourth-order valence-electron chi connectivity index (χ4n) is 1.34. The van der Waals surface area contributed by atoms with Gasteiger partial charge in [-0.05, 0) is 33.3 Å². The van der Waals surface area contributed by atoms with Crippen LogP contribution in [0.15, 0.2) is 24.8 Å². The van der Waals surface area contributed by atoms with Gasteiger partial charge >= 0.3 is 0 Å². The molecule has 3 nitrogen and oxygen atoms in total. The van der Waals surface area contributed by atoms with Crippen LogP contribution in [0.2, 0.25) is 0 Å². The maximum Gasteiger partial charge on any atom is 0.213 e. The molecule has 94 valence electrons. The Morgan fingerprint density at radius 3 is 2.65 bits per heavy atom. The van der Waals surface area contributed by atoms with E-state index in [2.05, 4.69) is 43.7 Å². The number of aromatic nitrogens is 1. The monoisotopic (exact) mass is 234 g/mol. The van der Waals surface area contributed by atoms with E-state index in [0.29, 0.717) is 12.5 Å². The predicted molar refractivity (Wildman–Crippen MR) is 71.3 cm³/mol. The van der Waals surface area contributed by atoms with E-state index in [0.717, 1.165) is 12.2 Å². The first-order chi connectivity index (χ1) is 7.92. The molecule has 3 heteroatoms. The third-order valence-electron chi connectivity index (χ3n) is 2.33. The van der Waals surface area contributed by atoms with Crippen molar-refractivity contribution in [3.05, 3.63) is 36.0 Å². The van der Waals surface area contributed by atoms with E-state index in [1.54, 1.807) is 6.08 Å². The first kappa shape index (κ1) is 13.7. The van der Waals surface area contributed by atoms with E-state index in [-0.39, 0.29) is 5.54 Å². The second kappa shape index (κ2) is 5.82. The Morgan fingerprint density at radius 2 is 2.12 bits per heavy atom. The van der Waals surface area contributed by atoms with Gasteiger partial charge in [-0.25, -0.2) is 4.98 Å². The standard InChI is InChI=1S/C14H22N2O/c1-6-9-17-13-8-7-12(11(2)16-13)10-15-14(3,4)5/h6-8,15H,1,9-10H2,2-5H3. The molecule has 0 aliphatic carbocycles. The quantitative estimate of drug-likeness (QED) is 0.795. The van der Waals surface area contributed by atoms with Crippen LogP contribution in [0.5, 0.6) is 5.88 Å². The topological polar surface area (TPSA) is 34.1 Å². The summed E-state index contributed by atoms with van der Waals surface area (Å²) in [7, 11) is 0. The van der Waals surface area contributed by atoms with Crippen LogP contribution < -0.4 is 10.1 Å². The first-order valence-electron chi connectivity index (χ1n) is 5.87. The molecule has 0 saturated heterocycles. The summed E-state index contributed by atoms with van der Waals surface area (Å²) in [6.45, 7) is 13.4. The summed E-state index contributed by atoms with van der Waals surface area (Å²) in [5.74, 6) is 0.655. The zero-order valence-corrected chi connectivity index (χ0v) is 11.2. The molecule has 0 aliphatic heterocycles. The van der Waals surface area contributed by atoms with Crippen LogP contribution in [0.25, 0.3) is 0 Å². The molecule has 0 bridgehead atoms. The molecule has 0 aliphatic rings. The molecule has 1 N–H and O–H groups in total. The van der Waals surface area contributed by atoms with Crippen molar-refractivity contribution in [1.82, 2.24) is 10.3 Å². The number of ether oxygens (including phenoxy) is 1. The lowest BCUT2D eigenvalue weighted by atomic mass is 10.1. The summed E-state index contributed by atoms with van der Waals surface area (Å²) in [6, 6.07) is 3.95. The fourth-order valence-corrected chi connectivity index (χ4v) is 1.34. The third kappa shape index (κ3) is 5.00. The molecule has 1 heterocycles. The second-order valence-electron chi connectivity index (χ2n) is 5.10. The summed E-state index contributed by atoms with van der Waals surface area (Å²) in [4.78, 5) is 4.40. The highest BCUT2D eigenvalue weighted by molar-refractivity contribution is 5.25. The van der Waals surface area contributed by atoms with Gasteiger partial charge in [0.25, 0.3) is 0 Å². The number of hydrogen-bond donors (Lipinski definition) is 1. The molecule has 1 aromatic rings. The second-order valence-corrected chi connectivity index (χ2v) is 5.10. The number of aryl methyl sites for hydroxylation is 1. The molecule has 0 spiro atoms. The van der Waals surface area contributed by atoms with Gasteiger partial charge in [0.2, 0.25) is 5.88 Å². The van der Waals surface area contributed by atoms with E-state index < -0.39 is 0 Å². The zero-order valence-electron chi connectivity index (χ0n) is 11.2. The Hall–Kier alpha value is -1.35. The van der Waals surface area contributed by atoms with Crippen LogP contribution in [-0.4, -0.2) is 17.1 Å². The number of rotatable bonds is 5. The Morgan fingerprint density at radius 1 is 1.41 bits per heavy atom. The van der Waals surface area contributed by atoms with Gasteiger partial charge in [-0.15, -0.1) is 0 Å². The molecule has 0 atom stereocenters. The third-order valence-corrected chi connectivity index (χ3v) is 2.33. The van der Waals surface area contributed by atoms with E-state index in [1.807, 2.05) is 13.0 Å². The van der Waals surface area contributed by atoms with Crippen LogP contribution >= 0.6 is 0 Å². The van der Waals surface area contributed by atoms with Gasteiger partial charge in [-0.2, -0.15) is 0 Å². The van der Waals surface area contributed by atoms with Crippen molar-refractivity contribution in [2.24, 2.45) is 0 Å². The van der Waals surface area contributed by atoms with Crippen molar-refractivity contribution < 1.29 is 4.74 Å². The van der Waals surface area contributed by atoms with Gasteiger partial charge in [0.1, 0.15) is 6.61 Å². The minimum atomic E-state index is 0.116. The highest BCUT2D eigenvalue weighted by Gasteiger charge is 2.10. The maximum atomic E-state index is 5.39. The lowest BCUT2D eigenvalue weighted by Gasteiger charge is -2.21. The normalized spacial score (nSPS) is 11.3. The average Bonchev–Trinajstić information content (AvgIpc) is 2.23. The largest absolute Gasteiger partial charge is 0.473 e. The number of nitrogens with zero attached hydrogens (tertiary/aromatic N) is 1.